The monoisotopic (exact) mass is 289 g/mol. The zero-order valence-corrected chi connectivity index (χ0v) is 11.7. The van der Waals surface area contributed by atoms with Gasteiger partial charge in [0.1, 0.15) is 5.92 Å². The number of H-pyrrole nitrogens is 1. The zero-order chi connectivity index (χ0) is 14.4. The molecule has 0 aliphatic heterocycles. The number of aromatic nitrogens is 2. The van der Waals surface area contributed by atoms with E-state index in [-0.39, 0.29) is 0 Å². The molecule has 2 heterocycles. The summed E-state index contributed by atoms with van der Waals surface area (Å²) in [5.74, 6) is -0.407. The Hall–Kier alpha value is -2.07. The standard InChI is InChI=1S/C15H16ClN3O/c16-9-3-1-5-11-7-8-13(19-11)14(15(17)20)12-6-2-4-10-18-12/h1-2,4-8,10,14,19H,3,9H2,(H2,17,20)/b5-1+. The van der Waals surface area contributed by atoms with Crippen molar-refractivity contribution in [2.24, 2.45) is 5.73 Å². The summed E-state index contributed by atoms with van der Waals surface area (Å²) < 4.78 is 0. The molecule has 20 heavy (non-hydrogen) atoms. The third-order valence-electron chi connectivity index (χ3n) is 2.88. The van der Waals surface area contributed by atoms with Crippen LogP contribution in [0, 0.1) is 0 Å². The lowest BCUT2D eigenvalue weighted by Crippen LogP contribution is -2.23. The Kier molecular flexibility index (Phi) is 4.96. The molecule has 3 N–H and O–H groups in total. The van der Waals surface area contributed by atoms with Gasteiger partial charge >= 0.3 is 0 Å². The Morgan fingerprint density at radius 1 is 1.40 bits per heavy atom. The molecular formula is C15H16ClN3O. The first kappa shape index (κ1) is 14.3. The summed E-state index contributed by atoms with van der Waals surface area (Å²) in [6.45, 7) is 0. The van der Waals surface area contributed by atoms with Crippen molar-refractivity contribution in [2.45, 2.75) is 12.3 Å². The Balaban J connectivity index is 2.25. The summed E-state index contributed by atoms with van der Waals surface area (Å²) >= 11 is 5.61. The van der Waals surface area contributed by atoms with Crippen LogP contribution in [-0.4, -0.2) is 21.8 Å². The molecule has 0 aliphatic rings. The number of halogens is 1. The van der Waals surface area contributed by atoms with E-state index >= 15 is 0 Å². The van der Waals surface area contributed by atoms with Gasteiger partial charge in [0.15, 0.2) is 0 Å². The average Bonchev–Trinajstić information content (AvgIpc) is 2.88. The highest BCUT2D eigenvalue weighted by Crippen LogP contribution is 2.22. The Morgan fingerprint density at radius 2 is 2.25 bits per heavy atom. The Labute approximate surface area is 122 Å². The lowest BCUT2D eigenvalue weighted by molar-refractivity contribution is -0.118. The molecule has 0 aromatic carbocycles. The van der Waals surface area contributed by atoms with Crippen LogP contribution in [-0.2, 0) is 4.79 Å². The van der Waals surface area contributed by atoms with E-state index in [4.69, 9.17) is 17.3 Å². The smallest absolute Gasteiger partial charge is 0.232 e. The molecule has 4 nitrogen and oxygen atoms in total. The number of hydrogen-bond acceptors (Lipinski definition) is 2. The van der Waals surface area contributed by atoms with Crippen molar-refractivity contribution >= 4 is 23.6 Å². The minimum Gasteiger partial charge on any atom is -0.369 e. The second-order valence-electron chi connectivity index (χ2n) is 4.34. The molecule has 0 aliphatic carbocycles. The quantitative estimate of drug-likeness (QED) is 0.803. The molecule has 2 aromatic heterocycles. The normalized spacial score (nSPS) is 12.7. The van der Waals surface area contributed by atoms with Crippen LogP contribution in [0.4, 0.5) is 0 Å². The van der Waals surface area contributed by atoms with E-state index in [1.165, 1.54) is 0 Å². The molecule has 0 saturated heterocycles. The number of nitrogens with zero attached hydrogens (tertiary/aromatic N) is 1. The first-order chi connectivity index (χ1) is 9.72. The summed E-state index contributed by atoms with van der Waals surface area (Å²) in [6.07, 6.45) is 6.36. The SMILES string of the molecule is NC(=O)C(c1ccccn1)c1ccc(/C=C/CCCl)[nH]1. The third kappa shape index (κ3) is 3.48. The van der Waals surface area contributed by atoms with E-state index < -0.39 is 11.8 Å². The van der Waals surface area contributed by atoms with Crippen LogP contribution < -0.4 is 5.73 Å². The number of primary amides is 1. The minimum atomic E-state index is -0.564. The fourth-order valence-corrected chi connectivity index (χ4v) is 2.10. The number of rotatable bonds is 6. The first-order valence-corrected chi connectivity index (χ1v) is 6.87. The topological polar surface area (TPSA) is 71.8 Å². The number of carbonyl (C=O) groups excluding carboxylic acids is 1. The lowest BCUT2D eigenvalue weighted by atomic mass is 10.0. The van der Waals surface area contributed by atoms with Crippen LogP contribution >= 0.6 is 11.6 Å². The molecule has 5 heteroatoms. The fourth-order valence-electron chi connectivity index (χ4n) is 1.97. The second kappa shape index (κ2) is 6.91. The number of pyridine rings is 1. The van der Waals surface area contributed by atoms with Crippen LogP contribution in [0.15, 0.2) is 42.6 Å². The first-order valence-electron chi connectivity index (χ1n) is 6.34. The van der Waals surface area contributed by atoms with E-state index in [2.05, 4.69) is 9.97 Å². The largest absolute Gasteiger partial charge is 0.369 e. The van der Waals surface area contributed by atoms with Gasteiger partial charge in [-0.2, -0.15) is 0 Å². The number of nitrogens with two attached hydrogens (primary N) is 1. The fraction of sp³-hybridized carbons (Fsp3) is 0.200. The molecule has 2 aromatic rings. The van der Waals surface area contributed by atoms with Crippen molar-refractivity contribution in [1.82, 2.24) is 9.97 Å². The lowest BCUT2D eigenvalue weighted by Gasteiger charge is -2.10. The Bertz CT molecular complexity index is 592. The van der Waals surface area contributed by atoms with Crippen LogP contribution in [0.1, 0.15) is 29.4 Å². The van der Waals surface area contributed by atoms with Gasteiger partial charge in [0.2, 0.25) is 5.91 Å². The summed E-state index contributed by atoms with van der Waals surface area (Å²) in [5, 5.41) is 0. The van der Waals surface area contributed by atoms with Gasteiger partial charge in [-0.3, -0.25) is 9.78 Å². The van der Waals surface area contributed by atoms with Crippen LogP contribution in [0.25, 0.3) is 6.08 Å². The predicted molar refractivity (Wildman–Crippen MR) is 80.4 cm³/mol. The van der Waals surface area contributed by atoms with Crippen molar-refractivity contribution in [3.05, 3.63) is 59.7 Å². The summed E-state index contributed by atoms with van der Waals surface area (Å²) in [4.78, 5) is 19.1. The van der Waals surface area contributed by atoms with Gasteiger partial charge < -0.3 is 10.7 Å². The molecule has 1 atom stereocenters. The Morgan fingerprint density at radius 3 is 2.90 bits per heavy atom. The molecule has 0 fully saturated rings. The van der Waals surface area contributed by atoms with Gasteiger partial charge in [0.05, 0.1) is 5.69 Å². The van der Waals surface area contributed by atoms with Crippen molar-refractivity contribution in [2.75, 3.05) is 5.88 Å². The van der Waals surface area contributed by atoms with Crippen molar-refractivity contribution in [1.29, 1.82) is 0 Å². The number of alkyl halides is 1. The summed E-state index contributed by atoms with van der Waals surface area (Å²) in [6, 6.07) is 9.18. The highest BCUT2D eigenvalue weighted by atomic mass is 35.5. The number of aromatic amines is 1. The van der Waals surface area contributed by atoms with E-state index in [0.29, 0.717) is 11.6 Å². The van der Waals surface area contributed by atoms with Gasteiger partial charge in [0, 0.05) is 23.5 Å². The molecule has 0 saturated carbocycles. The number of amides is 1. The maximum absolute atomic E-state index is 11.7. The summed E-state index contributed by atoms with van der Waals surface area (Å²) in [5.41, 5.74) is 7.78. The second-order valence-corrected chi connectivity index (χ2v) is 4.72. The molecule has 0 spiro atoms. The molecule has 1 unspecified atom stereocenters. The van der Waals surface area contributed by atoms with Crippen LogP contribution in [0.3, 0.4) is 0 Å². The molecule has 1 amide bonds. The van der Waals surface area contributed by atoms with Gasteiger partial charge in [-0.25, -0.2) is 0 Å². The van der Waals surface area contributed by atoms with Gasteiger partial charge in [-0.05, 0) is 36.8 Å². The van der Waals surface area contributed by atoms with Gasteiger partial charge in [-0.15, -0.1) is 11.6 Å². The predicted octanol–water partition coefficient (Wildman–Crippen LogP) is 2.67. The highest BCUT2D eigenvalue weighted by molar-refractivity contribution is 6.17. The van der Waals surface area contributed by atoms with Gasteiger partial charge in [-0.1, -0.05) is 12.1 Å². The van der Waals surface area contributed by atoms with E-state index in [0.717, 1.165) is 17.8 Å². The molecule has 0 bridgehead atoms. The van der Waals surface area contributed by atoms with Crippen LogP contribution in [0.5, 0.6) is 0 Å². The minimum absolute atomic E-state index is 0.429. The van der Waals surface area contributed by atoms with Gasteiger partial charge in [0.25, 0.3) is 0 Å². The number of allylic oxidation sites excluding steroid dienone is 1. The molecule has 104 valence electrons. The van der Waals surface area contributed by atoms with E-state index in [1.807, 2.05) is 30.4 Å². The van der Waals surface area contributed by atoms with E-state index in [1.54, 1.807) is 18.3 Å². The van der Waals surface area contributed by atoms with Crippen molar-refractivity contribution < 1.29 is 4.79 Å². The summed E-state index contributed by atoms with van der Waals surface area (Å²) in [7, 11) is 0. The average molecular weight is 290 g/mol. The van der Waals surface area contributed by atoms with Crippen LogP contribution in [0.2, 0.25) is 0 Å². The maximum Gasteiger partial charge on any atom is 0.232 e. The number of carbonyl (C=O) groups is 1. The molecular weight excluding hydrogens is 274 g/mol. The number of nitrogens with one attached hydrogen (secondary N) is 1. The molecule has 0 radical (unpaired) electrons. The third-order valence-corrected chi connectivity index (χ3v) is 3.10. The van der Waals surface area contributed by atoms with Crippen molar-refractivity contribution in [3.63, 3.8) is 0 Å². The molecule has 2 rings (SSSR count). The zero-order valence-electron chi connectivity index (χ0n) is 10.9. The maximum atomic E-state index is 11.7. The number of hydrogen-bond donors (Lipinski definition) is 2. The van der Waals surface area contributed by atoms with E-state index in [9.17, 15) is 4.79 Å². The highest BCUT2D eigenvalue weighted by Gasteiger charge is 2.22. The van der Waals surface area contributed by atoms with Crippen molar-refractivity contribution in [3.8, 4) is 0 Å².